The van der Waals surface area contributed by atoms with Crippen LogP contribution in [-0.4, -0.2) is 31.3 Å². The van der Waals surface area contributed by atoms with Crippen LogP contribution in [0.5, 0.6) is 0 Å². The molecule has 0 saturated heterocycles. The molecule has 0 saturated carbocycles. The van der Waals surface area contributed by atoms with Crippen LogP contribution in [0.3, 0.4) is 0 Å². The Balaban J connectivity index is 2.18. The van der Waals surface area contributed by atoms with E-state index >= 15 is 0 Å². The van der Waals surface area contributed by atoms with Gasteiger partial charge in [0.2, 0.25) is 5.89 Å². The maximum atomic E-state index is 5.56. The van der Waals surface area contributed by atoms with Gasteiger partial charge in [0.05, 0.1) is 6.04 Å². The molecule has 0 aliphatic heterocycles. The number of aromatic nitrogens is 2. The summed E-state index contributed by atoms with van der Waals surface area (Å²) < 4.78 is 5.56. The van der Waals surface area contributed by atoms with E-state index in [4.69, 9.17) is 4.42 Å². The molecule has 6 nitrogen and oxygen atoms in total. The highest BCUT2D eigenvalue weighted by atomic mass is 16.4. The summed E-state index contributed by atoms with van der Waals surface area (Å²) in [5.41, 5.74) is 3.29. The van der Waals surface area contributed by atoms with Crippen LogP contribution in [0.1, 0.15) is 24.4 Å². The quantitative estimate of drug-likeness (QED) is 0.874. The lowest BCUT2D eigenvalue weighted by Crippen LogP contribution is -2.12. The number of nitrogens with one attached hydrogen (secondary N) is 2. The Labute approximate surface area is 119 Å². The van der Waals surface area contributed by atoms with Crippen LogP contribution in [-0.2, 0) is 0 Å². The second-order valence-electron chi connectivity index (χ2n) is 4.98. The fourth-order valence-electron chi connectivity index (χ4n) is 1.88. The first kappa shape index (κ1) is 14.3. The molecular weight excluding hydrogens is 254 g/mol. The summed E-state index contributed by atoms with van der Waals surface area (Å²) in [5, 5.41) is 14.2. The summed E-state index contributed by atoms with van der Waals surface area (Å²) >= 11 is 0. The number of hydrogen-bond acceptors (Lipinski definition) is 6. The van der Waals surface area contributed by atoms with Crippen LogP contribution >= 0.6 is 0 Å². The van der Waals surface area contributed by atoms with Crippen molar-refractivity contribution in [2.75, 3.05) is 31.4 Å². The van der Waals surface area contributed by atoms with Crippen molar-refractivity contribution in [1.29, 1.82) is 0 Å². The zero-order valence-corrected chi connectivity index (χ0v) is 12.6. The fourth-order valence-corrected chi connectivity index (χ4v) is 1.88. The maximum Gasteiger partial charge on any atom is 0.320 e. The molecule has 0 aliphatic rings. The zero-order chi connectivity index (χ0) is 14.7. The van der Waals surface area contributed by atoms with E-state index in [1.165, 1.54) is 5.56 Å². The van der Waals surface area contributed by atoms with Gasteiger partial charge >= 0.3 is 6.01 Å². The molecule has 0 bridgehead atoms. The summed E-state index contributed by atoms with van der Waals surface area (Å²) in [6.45, 7) is 4.05. The number of aryl methyl sites for hydroxylation is 1. The fraction of sp³-hybridized carbons (Fsp3) is 0.429. The lowest BCUT2D eigenvalue weighted by atomic mass is 10.1. The molecule has 1 unspecified atom stereocenters. The smallest absolute Gasteiger partial charge is 0.320 e. The van der Waals surface area contributed by atoms with E-state index in [1.54, 1.807) is 0 Å². The Hall–Kier alpha value is -2.08. The van der Waals surface area contributed by atoms with E-state index in [2.05, 4.69) is 44.8 Å². The summed E-state index contributed by atoms with van der Waals surface area (Å²) in [6.07, 6.45) is 0. The molecule has 1 aromatic heterocycles. The number of hydrogen-bond donors (Lipinski definition) is 2. The molecule has 0 spiro atoms. The van der Waals surface area contributed by atoms with E-state index in [0.29, 0.717) is 11.9 Å². The second-order valence-corrected chi connectivity index (χ2v) is 4.98. The van der Waals surface area contributed by atoms with Gasteiger partial charge in [-0.05, 0) is 38.6 Å². The highest BCUT2D eigenvalue weighted by Crippen LogP contribution is 2.25. The van der Waals surface area contributed by atoms with Crippen molar-refractivity contribution in [3.63, 3.8) is 0 Å². The third kappa shape index (κ3) is 3.08. The molecule has 1 heterocycles. The third-order valence-electron chi connectivity index (χ3n) is 3.19. The lowest BCUT2D eigenvalue weighted by molar-refractivity contribution is 0.443. The predicted octanol–water partition coefficient (Wildman–Crippen LogP) is 2.47. The summed E-state index contributed by atoms with van der Waals surface area (Å²) in [5.74, 6) is 0.565. The van der Waals surface area contributed by atoms with E-state index in [0.717, 1.165) is 11.4 Å². The van der Waals surface area contributed by atoms with E-state index < -0.39 is 0 Å². The van der Waals surface area contributed by atoms with Crippen molar-refractivity contribution in [2.24, 2.45) is 0 Å². The van der Waals surface area contributed by atoms with Crippen molar-refractivity contribution in [3.05, 3.63) is 29.7 Å². The van der Waals surface area contributed by atoms with Crippen LogP contribution in [0, 0.1) is 6.92 Å². The number of rotatable bonds is 5. The minimum absolute atomic E-state index is 0.0356. The van der Waals surface area contributed by atoms with E-state index in [-0.39, 0.29) is 6.04 Å². The van der Waals surface area contributed by atoms with Gasteiger partial charge in [0.25, 0.3) is 0 Å². The van der Waals surface area contributed by atoms with Crippen LogP contribution < -0.4 is 15.5 Å². The summed E-state index contributed by atoms with van der Waals surface area (Å²) in [4.78, 5) is 2.07. The van der Waals surface area contributed by atoms with Crippen LogP contribution in [0.25, 0.3) is 0 Å². The minimum atomic E-state index is 0.0356. The van der Waals surface area contributed by atoms with E-state index in [9.17, 15) is 0 Å². The van der Waals surface area contributed by atoms with Crippen molar-refractivity contribution >= 4 is 17.4 Å². The number of benzene rings is 1. The molecule has 2 rings (SSSR count). The van der Waals surface area contributed by atoms with Crippen LogP contribution in [0.15, 0.2) is 22.6 Å². The van der Waals surface area contributed by atoms with Gasteiger partial charge in [0.1, 0.15) is 0 Å². The molecule has 2 N–H and O–H groups in total. The summed E-state index contributed by atoms with van der Waals surface area (Å²) in [6, 6.07) is 6.55. The van der Waals surface area contributed by atoms with Gasteiger partial charge in [-0.25, -0.2) is 0 Å². The summed E-state index contributed by atoms with van der Waals surface area (Å²) in [7, 11) is 5.89. The van der Waals surface area contributed by atoms with Crippen LogP contribution in [0.2, 0.25) is 0 Å². The van der Waals surface area contributed by atoms with Crippen molar-refractivity contribution < 1.29 is 4.42 Å². The SMILES string of the molecule is CNC(C)c1nnc(Nc2ccc(C)c(N(C)C)c2)o1. The maximum absolute atomic E-state index is 5.56. The predicted molar refractivity (Wildman–Crippen MR) is 80.6 cm³/mol. The zero-order valence-electron chi connectivity index (χ0n) is 12.6. The molecular formula is C14H21N5O. The van der Waals surface area contributed by atoms with Gasteiger partial charge in [0.15, 0.2) is 0 Å². The largest absolute Gasteiger partial charge is 0.406 e. The first-order valence-electron chi connectivity index (χ1n) is 6.57. The molecule has 1 atom stereocenters. The minimum Gasteiger partial charge on any atom is -0.406 e. The van der Waals surface area contributed by atoms with Gasteiger partial charge < -0.3 is 20.0 Å². The molecule has 0 fully saturated rings. The molecule has 20 heavy (non-hydrogen) atoms. The Morgan fingerprint density at radius 3 is 2.65 bits per heavy atom. The first-order valence-corrected chi connectivity index (χ1v) is 6.57. The second kappa shape index (κ2) is 5.92. The standard InChI is InChI=1S/C14H21N5O/c1-9-6-7-11(8-12(9)19(4)5)16-14-18-17-13(20-14)10(2)15-3/h6-8,10,15H,1-5H3,(H,16,18). The number of anilines is 3. The molecule has 2 aromatic rings. The number of nitrogens with zero attached hydrogens (tertiary/aromatic N) is 3. The van der Waals surface area contributed by atoms with Gasteiger partial charge in [-0.2, -0.15) is 0 Å². The molecule has 1 aromatic carbocycles. The highest BCUT2D eigenvalue weighted by molar-refractivity contribution is 5.64. The van der Waals surface area contributed by atoms with E-state index in [1.807, 2.05) is 34.1 Å². The Kier molecular flexibility index (Phi) is 4.24. The van der Waals surface area contributed by atoms with Crippen molar-refractivity contribution in [2.45, 2.75) is 19.9 Å². The Morgan fingerprint density at radius 2 is 2.00 bits per heavy atom. The monoisotopic (exact) mass is 275 g/mol. The molecule has 0 radical (unpaired) electrons. The van der Waals surface area contributed by atoms with Gasteiger partial charge in [-0.1, -0.05) is 11.2 Å². The van der Waals surface area contributed by atoms with Gasteiger partial charge in [-0.15, -0.1) is 5.10 Å². The Morgan fingerprint density at radius 1 is 1.25 bits per heavy atom. The third-order valence-corrected chi connectivity index (χ3v) is 3.19. The first-order chi connectivity index (χ1) is 9.51. The van der Waals surface area contributed by atoms with Crippen molar-refractivity contribution in [3.8, 4) is 0 Å². The molecule has 0 amide bonds. The Bertz CT molecular complexity index is 579. The van der Waals surface area contributed by atoms with Gasteiger partial charge in [-0.3, -0.25) is 0 Å². The molecule has 0 aliphatic carbocycles. The highest BCUT2D eigenvalue weighted by Gasteiger charge is 2.12. The average molecular weight is 275 g/mol. The molecule has 6 heteroatoms. The van der Waals surface area contributed by atoms with Crippen LogP contribution in [0.4, 0.5) is 17.4 Å². The molecule has 108 valence electrons. The topological polar surface area (TPSA) is 66.2 Å². The lowest BCUT2D eigenvalue weighted by Gasteiger charge is -2.16. The van der Waals surface area contributed by atoms with Crippen molar-refractivity contribution in [1.82, 2.24) is 15.5 Å². The van der Waals surface area contributed by atoms with Gasteiger partial charge in [0, 0.05) is 25.5 Å². The normalized spacial score (nSPS) is 12.2. The average Bonchev–Trinajstić information content (AvgIpc) is 2.88.